The highest BCUT2D eigenvalue weighted by atomic mass is 127. The Morgan fingerprint density at radius 2 is 2.08 bits per heavy atom. The van der Waals surface area contributed by atoms with Crippen molar-refractivity contribution in [1.29, 1.82) is 0 Å². The highest BCUT2D eigenvalue weighted by Gasteiger charge is 2.15. The lowest BCUT2D eigenvalue weighted by atomic mass is 10.2. The van der Waals surface area contributed by atoms with Crippen LogP contribution in [0.3, 0.4) is 0 Å². The lowest BCUT2D eigenvalue weighted by Gasteiger charge is -2.15. The number of benzene rings is 1. The summed E-state index contributed by atoms with van der Waals surface area (Å²) in [5, 5.41) is 6.61. The van der Waals surface area contributed by atoms with Crippen LogP contribution in [-0.4, -0.2) is 52.0 Å². The molecule has 1 aliphatic heterocycles. The predicted octanol–water partition coefficient (Wildman–Crippen LogP) is 2.60. The molecular formula is C18H30IN3O2. The maximum absolute atomic E-state index is 5.67. The van der Waals surface area contributed by atoms with E-state index in [1.807, 2.05) is 6.07 Å². The summed E-state index contributed by atoms with van der Waals surface area (Å²) in [4.78, 5) is 4.22. The van der Waals surface area contributed by atoms with Gasteiger partial charge in [0.1, 0.15) is 0 Å². The predicted molar refractivity (Wildman–Crippen MR) is 109 cm³/mol. The van der Waals surface area contributed by atoms with E-state index >= 15 is 0 Å². The number of guanidine groups is 1. The number of ether oxygens (including phenoxy) is 2. The van der Waals surface area contributed by atoms with Gasteiger partial charge >= 0.3 is 0 Å². The Morgan fingerprint density at radius 3 is 2.79 bits per heavy atom. The Balaban J connectivity index is 0.00000288. The summed E-state index contributed by atoms with van der Waals surface area (Å²) in [6.07, 6.45) is 4.57. The van der Waals surface area contributed by atoms with Gasteiger partial charge in [0.15, 0.2) is 5.96 Å². The zero-order valence-corrected chi connectivity index (χ0v) is 16.8. The molecule has 0 aliphatic carbocycles. The number of halogens is 1. The normalized spacial score (nSPS) is 17.4. The van der Waals surface area contributed by atoms with Crippen LogP contribution < -0.4 is 10.6 Å². The van der Waals surface area contributed by atoms with Gasteiger partial charge in [-0.25, -0.2) is 0 Å². The summed E-state index contributed by atoms with van der Waals surface area (Å²) in [5.74, 6) is 0.838. The molecule has 0 radical (unpaired) electrons. The largest absolute Gasteiger partial charge is 0.381 e. The van der Waals surface area contributed by atoms with Crippen LogP contribution in [0.5, 0.6) is 0 Å². The number of nitrogens with zero attached hydrogens (tertiary/aromatic N) is 1. The van der Waals surface area contributed by atoms with Crippen molar-refractivity contribution in [1.82, 2.24) is 10.6 Å². The van der Waals surface area contributed by atoms with Gasteiger partial charge in [0, 0.05) is 33.4 Å². The van der Waals surface area contributed by atoms with Crippen LogP contribution in [0.2, 0.25) is 0 Å². The molecule has 1 atom stereocenters. The van der Waals surface area contributed by atoms with E-state index in [4.69, 9.17) is 9.47 Å². The van der Waals surface area contributed by atoms with Crippen LogP contribution in [0.25, 0.3) is 0 Å². The number of aliphatic imine (C=N–C) groups is 1. The van der Waals surface area contributed by atoms with Gasteiger partial charge < -0.3 is 20.1 Å². The first-order chi connectivity index (χ1) is 11.4. The molecule has 0 spiro atoms. The Kier molecular flexibility index (Phi) is 11.9. The zero-order chi connectivity index (χ0) is 16.2. The number of hydrogen-bond donors (Lipinski definition) is 2. The second kappa shape index (κ2) is 13.4. The second-order valence-corrected chi connectivity index (χ2v) is 5.72. The molecule has 6 heteroatoms. The van der Waals surface area contributed by atoms with E-state index in [1.54, 1.807) is 7.05 Å². The minimum Gasteiger partial charge on any atom is -0.381 e. The molecule has 0 saturated carbocycles. The van der Waals surface area contributed by atoms with Crippen LogP contribution in [0.4, 0.5) is 0 Å². The van der Waals surface area contributed by atoms with Gasteiger partial charge in [-0.3, -0.25) is 4.99 Å². The van der Waals surface area contributed by atoms with Crippen LogP contribution >= 0.6 is 24.0 Å². The minimum absolute atomic E-state index is 0. The summed E-state index contributed by atoms with van der Waals surface area (Å²) in [6, 6.07) is 10.4. The highest BCUT2D eigenvalue weighted by molar-refractivity contribution is 14.0. The average molecular weight is 447 g/mol. The molecule has 1 unspecified atom stereocenters. The molecule has 1 aliphatic rings. The third kappa shape index (κ3) is 8.84. The van der Waals surface area contributed by atoms with E-state index in [9.17, 15) is 0 Å². The maximum atomic E-state index is 5.67. The summed E-state index contributed by atoms with van der Waals surface area (Å²) >= 11 is 0. The number of hydrogen-bond acceptors (Lipinski definition) is 3. The Labute approximate surface area is 162 Å². The van der Waals surface area contributed by atoms with Gasteiger partial charge in [-0.2, -0.15) is 0 Å². The lowest BCUT2D eigenvalue weighted by molar-refractivity contribution is 0.113. The van der Waals surface area contributed by atoms with Crippen molar-refractivity contribution in [3.8, 4) is 0 Å². The summed E-state index contributed by atoms with van der Waals surface area (Å²) < 4.78 is 11.3. The van der Waals surface area contributed by atoms with Crippen molar-refractivity contribution in [3.63, 3.8) is 0 Å². The molecule has 1 fully saturated rings. The van der Waals surface area contributed by atoms with Crippen molar-refractivity contribution in [2.24, 2.45) is 4.99 Å². The Bertz CT molecular complexity index is 451. The third-order valence-corrected chi connectivity index (χ3v) is 3.88. The van der Waals surface area contributed by atoms with Gasteiger partial charge in [-0.15, -0.1) is 24.0 Å². The molecule has 1 aromatic carbocycles. The van der Waals surface area contributed by atoms with Crippen molar-refractivity contribution < 1.29 is 9.47 Å². The SMILES string of the molecule is CN=C(NCCCOCCc1ccccc1)NCC1CCCO1.I. The molecule has 5 nitrogen and oxygen atoms in total. The van der Waals surface area contributed by atoms with Crippen molar-refractivity contribution in [2.75, 3.05) is 40.0 Å². The maximum Gasteiger partial charge on any atom is 0.191 e. The topological polar surface area (TPSA) is 54.9 Å². The van der Waals surface area contributed by atoms with Gasteiger partial charge in [0.2, 0.25) is 0 Å². The van der Waals surface area contributed by atoms with E-state index in [2.05, 4.69) is 39.9 Å². The molecule has 1 saturated heterocycles. The summed E-state index contributed by atoms with van der Waals surface area (Å²) in [5.41, 5.74) is 1.32. The fraction of sp³-hybridized carbons (Fsp3) is 0.611. The van der Waals surface area contributed by atoms with Crippen LogP contribution in [-0.2, 0) is 15.9 Å². The van der Waals surface area contributed by atoms with Crippen LogP contribution in [0.15, 0.2) is 35.3 Å². The molecule has 1 aromatic rings. The molecule has 0 bridgehead atoms. The van der Waals surface area contributed by atoms with Gasteiger partial charge in [-0.1, -0.05) is 30.3 Å². The Hall–Kier alpha value is -0.860. The van der Waals surface area contributed by atoms with E-state index in [1.165, 1.54) is 12.0 Å². The highest BCUT2D eigenvalue weighted by Crippen LogP contribution is 2.10. The molecule has 0 aromatic heterocycles. The first-order valence-electron chi connectivity index (χ1n) is 8.56. The van der Waals surface area contributed by atoms with Crippen LogP contribution in [0, 0.1) is 0 Å². The molecule has 136 valence electrons. The van der Waals surface area contributed by atoms with Gasteiger partial charge in [0.05, 0.1) is 12.7 Å². The first-order valence-corrected chi connectivity index (χ1v) is 8.56. The summed E-state index contributed by atoms with van der Waals surface area (Å²) in [6.45, 7) is 4.11. The molecule has 1 heterocycles. The van der Waals surface area contributed by atoms with Gasteiger partial charge in [-0.05, 0) is 31.2 Å². The number of nitrogens with one attached hydrogen (secondary N) is 2. The quantitative estimate of drug-likeness (QED) is 0.265. The monoisotopic (exact) mass is 447 g/mol. The lowest BCUT2D eigenvalue weighted by Crippen LogP contribution is -2.41. The van der Waals surface area contributed by atoms with E-state index in [-0.39, 0.29) is 24.0 Å². The van der Waals surface area contributed by atoms with E-state index in [0.29, 0.717) is 6.10 Å². The second-order valence-electron chi connectivity index (χ2n) is 5.72. The zero-order valence-electron chi connectivity index (χ0n) is 14.5. The van der Waals surface area contributed by atoms with Crippen molar-refractivity contribution in [2.45, 2.75) is 31.8 Å². The molecule has 0 amide bonds. The number of rotatable bonds is 9. The fourth-order valence-electron chi connectivity index (χ4n) is 2.55. The molecule has 2 rings (SSSR count). The summed E-state index contributed by atoms with van der Waals surface area (Å²) in [7, 11) is 1.79. The third-order valence-electron chi connectivity index (χ3n) is 3.88. The van der Waals surface area contributed by atoms with Crippen molar-refractivity contribution >= 4 is 29.9 Å². The van der Waals surface area contributed by atoms with Gasteiger partial charge in [0.25, 0.3) is 0 Å². The fourth-order valence-corrected chi connectivity index (χ4v) is 2.55. The smallest absolute Gasteiger partial charge is 0.191 e. The molecule has 2 N–H and O–H groups in total. The standard InChI is InChI=1S/C18H29N3O2.HI/c1-19-18(21-15-17-9-5-13-23-17)20-11-6-12-22-14-10-16-7-3-2-4-8-16;/h2-4,7-8,17H,5-6,9-15H2,1H3,(H2,19,20,21);1H. The Morgan fingerprint density at radius 1 is 1.25 bits per heavy atom. The molecule has 24 heavy (non-hydrogen) atoms. The molecular weight excluding hydrogens is 417 g/mol. The van der Waals surface area contributed by atoms with Crippen LogP contribution in [0.1, 0.15) is 24.8 Å². The van der Waals surface area contributed by atoms with E-state index < -0.39 is 0 Å². The first kappa shape index (κ1) is 21.2. The average Bonchev–Trinajstić information content (AvgIpc) is 3.11. The van der Waals surface area contributed by atoms with E-state index in [0.717, 1.165) is 58.1 Å². The minimum atomic E-state index is 0. The van der Waals surface area contributed by atoms with Crippen molar-refractivity contribution in [3.05, 3.63) is 35.9 Å².